The summed E-state index contributed by atoms with van der Waals surface area (Å²) < 4.78 is 45.8. The smallest absolute Gasteiger partial charge is 0.437 e. The molecular formula is C56H65BF2N2S4. The van der Waals surface area contributed by atoms with Crippen LogP contribution in [0.4, 0.5) is 8.63 Å². The summed E-state index contributed by atoms with van der Waals surface area (Å²) in [7, 11) is 0. The van der Waals surface area contributed by atoms with E-state index in [0.717, 1.165) is 90.0 Å². The molecule has 1 aliphatic heterocycles. The van der Waals surface area contributed by atoms with Crippen LogP contribution >= 0.6 is 45.3 Å². The van der Waals surface area contributed by atoms with Gasteiger partial charge in [-0.2, -0.15) is 0 Å². The van der Waals surface area contributed by atoms with Gasteiger partial charge in [0.15, 0.2) is 0 Å². The van der Waals surface area contributed by atoms with Gasteiger partial charge in [-0.25, -0.2) is 0 Å². The lowest BCUT2D eigenvalue weighted by Gasteiger charge is -2.39. The summed E-state index contributed by atoms with van der Waals surface area (Å²) in [6.45, 7) is 6.82. The van der Waals surface area contributed by atoms with Crippen LogP contribution in [-0.4, -0.2) is 15.9 Å². The highest BCUT2D eigenvalue weighted by atomic mass is 32.1. The molecular weight excluding hydrogens is 878 g/mol. The van der Waals surface area contributed by atoms with Crippen molar-refractivity contribution in [3.63, 3.8) is 0 Å². The van der Waals surface area contributed by atoms with Gasteiger partial charge in [0.25, 0.3) is 0 Å². The largest absolute Gasteiger partial charge is 0.535 e. The van der Waals surface area contributed by atoms with Crippen LogP contribution in [0.2, 0.25) is 0 Å². The average Bonchev–Trinajstić information content (AvgIpc) is 4.15. The highest BCUT2D eigenvalue weighted by molar-refractivity contribution is 7.24. The maximum Gasteiger partial charge on any atom is 0.535 e. The summed E-state index contributed by atoms with van der Waals surface area (Å²) in [5.74, 6) is 0.908. The molecule has 0 saturated heterocycles. The van der Waals surface area contributed by atoms with Crippen molar-refractivity contribution in [1.82, 2.24) is 8.96 Å². The molecule has 1 aliphatic rings. The molecule has 9 aromatic rings. The third kappa shape index (κ3) is 8.20. The van der Waals surface area contributed by atoms with E-state index in [1.807, 2.05) is 45.3 Å². The number of nitrogens with zero attached hydrogens (tertiary/aromatic N) is 2. The van der Waals surface area contributed by atoms with Crippen LogP contribution in [0.25, 0.3) is 62.2 Å². The fraction of sp³-hybridized carbons (Fsp3) is 0.446. The maximum absolute atomic E-state index is 19.0. The summed E-state index contributed by atoms with van der Waals surface area (Å²) >= 11 is 7.42. The van der Waals surface area contributed by atoms with Gasteiger partial charge in [0.05, 0.1) is 26.4 Å². The van der Waals surface area contributed by atoms with Crippen molar-refractivity contribution in [3.05, 3.63) is 109 Å². The first kappa shape index (κ1) is 45.2. The number of hydrogen-bond donors (Lipinski definition) is 0. The van der Waals surface area contributed by atoms with Gasteiger partial charge in [0, 0.05) is 96.5 Å². The number of unbranched alkanes of at least 4 members (excludes halogenated alkanes) is 12. The Morgan fingerprint density at radius 1 is 0.431 bits per heavy atom. The van der Waals surface area contributed by atoms with E-state index in [0.29, 0.717) is 22.4 Å². The molecule has 65 heavy (non-hydrogen) atoms. The Labute approximate surface area is 401 Å². The van der Waals surface area contributed by atoms with Crippen molar-refractivity contribution >= 4 is 114 Å². The molecule has 3 aromatic carbocycles. The molecule has 0 aliphatic carbocycles. The molecule has 0 bridgehead atoms. The lowest BCUT2D eigenvalue weighted by molar-refractivity contribution is 0.531. The van der Waals surface area contributed by atoms with E-state index in [4.69, 9.17) is 0 Å². The van der Waals surface area contributed by atoms with Crippen molar-refractivity contribution in [2.75, 3.05) is 0 Å². The second-order valence-corrected chi connectivity index (χ2v) is 23.8. The quantitative estimate of drug-likeness (QED) is 0.0386. The van der Waals surface area contributed by atoms with Crippen molar-refractivity contribution in [1.29, 1.82) is 0 Å². The Morgan fingerprint density at radius 2 is 0.754 bits per heavy atom. The van der Waals surface area contributed by atoms with Crippen LogP contribution in [0.1, 0.15) is 172 Å². The molecule has 340 valence electrons. The third-order valence-electron chi connectivity index (χ3n) is 14.3. The van der Waals surface area contributed by atoms with Gasteiger partial charge < -0.3 is 17.6 Å². The standard InChI is InChI=1S/C56H65BF2N2S4/c1-6-10-14-18-22-38-30-42-51-44(55-46(53(42)62-38)32-40(64-55)24-20-16-12-8-3)34-48-50(37-28-26-36(5)27-29-37)49-35-45-52(61(49)57(58,59)60(48)51)43-31-39(23-19-15-11-7-2)63-54(43)47-33-41(65-56(45)47)25-21-17-13-9-4/h26-35H,6-25H2,1-5H3. The number of hydrogen-bond acceptors (Lipinski definition) is 4. The van der Waals surface area contributed by atoms with Gasteiger partial charge in [0.1, 0.15) is 5.92 Å². The summed E-state index contributed by atoms with van der Waals surface area (Å²) in [4.78, 5) is 5.38. The zero-order valence-corrected chi connectivity index (χ0v) is 42.5. The molecule has 0 radical (unpaired) electrons. The lowest BCUT2D eigenvalue weighted by Crippen LogP contribution is -2.48. The molecule has 0 unspecified atom stereocenters. The summed E-state index contributed by atoms with van der Waals surface area (Å²) in [5.41, 5.74) is 4.86. The van der Waals surface area contributed by atoms with E-state index in [1.165, 1.54) is 126 Å². The minimum atomic E-state index is -4.34. The van der Waals surface area contributed by atoms with Crippen LogP contribution in [0.15, 0.2) is 60.7 Å². The summed E-state index contributed by atoms with van der Waals surface area (Å²) in [6.07, 6.45) is 23.3. The van der Waals surface area contributed by atoms with Crippen LogP contribution in [0.3, 0.4) is 0 Å². The fourth-order valence-electron chi connectivity index (χ4n) is 10.9. The Morgan fingerprint density at radius 3 is 1.09 bits per heavy atom. The zero-order chi connectivity index (χ0) is 44.8. The Hall–Kier alpha value is -3.63. The molecule has 0 atom stereocenters. The molecule has 10 rings (SSSR count). The minimum Gasteiger partial charge on any atom is -0.437 e. The Balaban J connectivity index is 1.24. The highest BCUT2D eigenvalue weighted by Crippen LogP contribution is 2.53. The number of rotatable bonds is 21. The first-order valence-electron chi connectivity index (χ1n) is 25.3. The second-order valence-electron chi connectivity index (χ2n) is 19.2. The average molecular weight is 943 g/mol. The minimum absolute atomic E-state index is 0.642. The zero-order valence-electron chi connectivity index (χ0n) is 39.3. The molecule has 9 heteroatoms. The maximum atomic E-state index is 19.0. The normalized spacial score (nSPS) is 13.9. The number of aryl methyl sites for hydroxylation is 5. The molecule has 0 saturated carbocycles. The van der Waals surface area contributed by atoms with Gasteiger partial charge >= 0.3 is 6.97 Å². The Bertz CT molecular complexity index is 2930. The van der Waals surface area contributed by atoms with Gasteiger partial charge in [-0.1, -0.05) is 105 Å². The molecule has 0 amide bonds. The van der Waals surface area contributed by atoms with Crippen molar-refractivity contribution in [2.24, 2.45) is 0 Å². The molecule has 7 heterocycles. The van der Waals surface area contributed by atoms with E-state index >= 15 is 8.63 Å². The summed E-state index contributed by atoms with van der Waals surface area (Å²) in [6, 6.07) is 22.4. The first-order valence-corrected chi connectivity index (χ1v) is 28.5. The number of aromatic nitrogens is 2. The van der Waals surface area contributed by atoms with Crippen molar-refractivity contribution in [3.8, 4) is 0 Å². The van der Waals surface area contributed by atoms with Gasteiger partial charge in [-0.15, -0.1) is 45.3 Å². The van der Waals surface area contributed by atoms with Crippen molar-refractivity contribution in [2.45, 2.75) is 163 Å². The molecule has 0 fully saturated rings. The lowest BCUT2D eigenvalue weighted by atomic mass is 9.82. The number of benzene rings is 3. The van der Waals surface area contributed by atoms with Crippen LogP contribution in [-0.2, 0) is 25.7 Å². The van der Waals surface area contributed by atoms with Crippen LogP contribution < -0.4 is 0 Å². The predicted molar refractivity (Wildman–Crippen MR) is 287 cm³/mol. The third-order valence-corrected chi connectivity index (χ3v) is 19.2. The van der Waals surface area contributed by atoms with Crippen LogP contribution in [0, 0.1) is 12.8 Å². The van der Waals surface area contributed by atoms with E-state index in [9.17, 15) is 0 Å². The molecule has 0 spiro atoms. The predicted octanol–water partition coefficient (Wildman–Crippen LogP) is 19.4. The Kier molecular flexibility index (Phi) is 13.3. The molecule has 0 N–H and O–H groups in total. The summed E-state index contributed by atoms with van der Waals surface area (Å²) in [5, 5.41) is 6.46. The van der Waals surface area contributed by atoms with E-state index < -0.39 is 6.97 Å². The topological polar surface area (TPSA) is 9.86 Å². The fourth-order valence-corrected chi connectivity index (χ4v) is 15.9. The van der Waals surface area contributed by atoms with Gasteiger partial charge in [-0.05, 0) is 100 Å². The monoisotopic (exact) mass is 942 g/mol. The second kappa shape index (κ2) is 19.2. The van der Waals surface area contributed by atoms with E-state index in [-0.39, 0.29) is 0 Å². The van der Waals surface area contributed by atoms with Crippen molar-refractivity contribution < 1.29 is 8.63 Å². The number of fused-ring (bicyclic) bond motifs is 16. The van der Waals surface area contributed by atoms with E-state index in [1.54, 1.807) is 8.96 Å². The SMILES string of the molecule is CCCCCCc1cc2c(s1)c1cc(CCCCCC)sc1c1cc3n(c21)[B-](F)(F)n1c(cc2c4sc(CCCCCC)cc4c4sc(CCCCCC)cc4c21)[C+]3c1ccc(C)cc1. The molecule has 2 nitrogen and oxygen atoms in total. The van der Waals surface area contributed by atoms with E-state index in [2.05, 4.69) is 95.3 Å². The van der Waals surface area contributed by atoms with Gasteiger partial charge in [0.2, 0.25) is 0 Å². The number of halogens is 2. The van der Waals surface area contributed by atoms with Gasteiger partial charge in [-0.3, -0.25) is 0 Å². The van der Waals surface area contributed by atoms with Crippen LogP contribution in [0.5, 0.6) is 0 Å². The molecule has 6 aromatic heterocycles. The highest BCUT2D eigenvalue weighted by Gasteiger charge is 2.48. The number of thiophene rings is 4. The first-order chi connectivity index (χ1) is 31.7.